The molecule has 0 spiro atoms. The number of hydrogen-bond donors (Lipinski definition) is 0. The first-order chi connectivity index (χ1) is 15.4. The molecular formula is C21H25ClFN5O2. The fourth-order valence-electron chi connectivity index (χ4n) is 5.49. The molecule has 0 aliphatic carbocycles. The summed E-state index contributed by atoms with van der Waals surface area (Å²) >= 11 is 5.94. The van der Waals surface area contributed by atoms with Gasteiger partial charge in [0, 0.05) is 19.3 Å². The standard InChI is InChI=1S/C21H25ClFN5O2/c22-18-16(23)17-15(9-24-18)19(27-10-13-3-4-14(11-27)30-13)26-20(25-17)29-12-21-5-1-7-28(21)8-2-6-21/h9,13-14H,1-8,10-12H2/i12D2. The van der Waals surface area contributed by atoms with Crippen LogP contribution in [0.5, 0.6) is 6.01 Å². The lowest BCUT2D eigenvalue weighted by atomic mass is 9.95. The van der Waals surface area contributed by atoms with E-state index in [1.807, 2.05) is 4.90 Å². The molecule has 2 atom stereocenters. The molecule has 2 aromatic rings. The molecule has 6 heterocycles. The number of halogens is 2. The van der Waals surface area contributed by atoms with E-state index in [1.54, 1.807) is 0 Å². The molecule has 2 bridgehead atoms. The monoisotopic (exact) mass is 435 g/mol. The summed E-state index contributed by atoms with van der Waals surface area (Å²) in [5.41, 5.74) is -0.704. The fourth-order valence-corrected chi connectivity index (χ4v) is 5.63. The van der Waals surface area contributed by atoms with Crippen LogP contribution in [0.4, 0.5) is 10.2 Å². The van der Waals surface area contributed by atoms with Gasteiger partial charge in [0.25, 0.3) is 0 Å². The largest absolute Gasteiger partial charge is 0.461 e. The highest BCUT2D eigenvalue weighted by molar-refractivity contribution is 6.30. The van der Waals surface area contributed by atoms with E-state index in [0.717, 1.165) is 51.6 Å². The summed E-state index contributed by atoms with van der Waals surface area (Å²) in [4.78, 5) is 17.0. The highest BCUT2D eigenvalue weighted by Gasteiger charge is 2.45. The van der Waals surface area contributed by atoms with Gasteiger partial charge in [0.1, 0.15) is 17.9 Å². The van der Waals surface area contributed by atoms with Crippen LogP contribution in [0.3, 0.4) is 0 Å². The lowest BCUT2D eigenvalue weighted by Crippen LogP contribution is -2.44. The third kappa shape index (κ3) is 3.03. The van der Waals surface area contributed by atoms with Crippen LogP contribution in [0.1, 0.15) is 41.3 Å². The average Bonchev–Trinajstić information content (AvgIpc) is 3.45. The molecule has 0 saturated carbocycles. The number of morpholine rings is 1. The van der Waals surface area contributed by atoms with Gasteiger partial charge in [0.15, 0.2) is 11.0 Å². The SMILES string of the molecule is [2H]C([2H])(Oc1nc(N2CC3CCC(C2)O3)c2cnc(Cl)c(F)c2n1)C12CCCN1CCC2. The predicted molar refractivity (Wildman–Crippen MR) is 111 cm³/mol. The summed E-state index contributed by atoms with van der Waals surface area (Å²) < 4.78 is 44.4. The van der Waals surface area contributed by atoms with E-state index < -0.39 is 17.9 Å². The fraction of sp³-hybridized carbons (Fsp3) is 0.667. The van der Waals surface area contributed by atoms with Crippen molar-refractivity contribution >= 4 is 28.3 Å². The first-order valence-electron chi connectivity index (χ1n) is 11.7. The van der Waals surface area contributed by atoms with Gasteiger partial charge < -0.3 is 14.4 Å². The average molecular weight is 436 g/mol. The van der Waals surface area contributed by atoms with Gasteiger partial charge in [-0.2, -0.15) is 9.97 Å². The minimum Gasteiger partial charge on any atom is -0.461 e. The summed E-state index contributed by atoms with van der Waals surface area (Å²) in [7, 11) is 0. The van der Waals surface area contributed by atoms with Crippen LogP contribution in [0.15, 0.2) is 6.20 Å². The number of fused-ring (bicyclic) bond motifs is 4. The summed E-state index contributed by atoms with van der Waals surface area (Å²) in [6.45, 7) is 0.953. The van der Waals surface area contributed by atoms with Crippen molar-refractivity contribution in [1.82, 2.24) is 19.9 Å². The maximum Gasteiger partial charge on any atom is 0.319 e. The van der Waals surface area contributed by atoms with Crippen molar-refractivity contribution < 1.29 is 16.6 Å². The van der Waals surface area contributed by atoms with E-state index in [2.05, 4.69) is 19.9 Å². The van der Waals surface area contributed by atoms with Crippen LogP contribution in [0.25, 0.3) is 10.9 Å². The normalized spacial score (nSPS) is 29.2. The van der Waals surface area contributed by atoms with Crippen molar-refractivity contribution in [3.63, 3.8) is 0 Å². The quantitative estimate of drug-likeness (QED) is 0.683. The zero-order valence-corrected chi connectivity index (χ0v) is 17.4. The molecule has 0 amide bonds. The molecule has 7 nitrogen and oxygen atoms in total. The Morgan fingerprint density at radius 2 is 1.97 bits per heavy atom. The molecule has 30 heavy (non-hydrogen) atoms. The third-order valence-corrected chi connectivity index (χ3v) is 7.18. The van der Waals surface area contributed by atoms with Gasteiger partial charge >= 0.3 is 6.01 Å². The molecular weight excluding hydrogens is 409 g/mol. The van der Waals surface area contributed by atoms with Gasteiger partial charge in [-0.3, -0.25) is 4.90 Å². The molecule has 4 aliphatic rings. The highest BCUT2D eigenvalue weighted by Crippen LogP contribution is 2.39. The van der Waals surface area contributed by atoms with E-state index in [9.17, 15) is 4.39 Å². The summed E-state index contributed by atoms with van der Waals surface area (Å²) in [6.07, 6.45) is 6.93. The molecule has 0 N–H and O–H groups in total. The van der Waals surface area contributed by atoms with E-state index in [4.69, 9.17) is 23.8 Å². The zero-order chi connectivity index (χ0) is 22.1. The zero-order valence-electron chi connectivity index (χ0n) is 18.6. The Balaban J connectivity index is 1.42. The smallest absolute Gasteiger partial charge is 0.319 e. The minimum atomic E-state index is -2.01. The first kappa shape index (κ1) is 16.9. The molecule has 0 aromatic carbocycles. The lowest BCUT2D eigenvalue weighted by molar-refractivity contribution is 0.0302. The number of pyridine rings is 1. The van der Waals surface area contributed by atoms with Crippen LogP contribution in [-0.4, -0.2) is 70.3 Å². The minimum absolute atomic E-state index is 0.00756. The predicted octanol–water partition coefficient (Wildman–Crippen LogP) is 3.19. The number of anilines is 1. The summed E-state index contributed by atoms with van der Waals surface area (Å²) in [5.74, 6) is -0.271. The Bertz CT molecular complexity index is 1050. The summed E-state index contributed by atoms with van der Waals surface area (Å²) in [6, 6.07) is -0.175. The van der Waals surface area contributed by atoms with Gasteiger partial charge in [-0.05, 0) is 51.6 Å². The van der Waals surface area contributed by atoms with Crippen molar-refractivity contribution in [2.24, 2.45) is 0 Å². The maximum absolute atomic E-state index is 15.0. The van der Waals surface area contributed by atoms with Gasteiger partial charge in [0.2, 0.25) is 0 Å². The molecule has 160 valence electrons. The van der Waals surface area contributed by atoms with E-state index in [0.29, 0.717) is 24.3 Å². The van der Waals surface area contributed by atoms with Crippen molar-refractivity contribution in [2.45, 2.75) is 56.3 Å². The van der Waals surface area contributed by atoms with Crippen LogP contribution < -0.4 is 9.64 Å². The van der Waals surface area contributed by atoms with Crippen molar-refractivity contribution in [2.75, 3.05) is 37.6 Å². The Labute approximate surface area is 182 Å². The lowest BCUT2D eigenvalue weighted by Gasteiger charge is -2.34. The van der Waals surface area contributed by atoms with Gasteiger partial charge in [-0.1, -0.05) is 11.6 Å². The third-order valence-electron chi connectivity index (χ3n) is 6.92. The first-order valence-corrected chi connectivity index (χ1v) is 11.1. The molecule has 9 heteroatoms. The Morgan fingerprint density at radius 1 is 1.23 bits per heavy atom. The molecule has 4 saturated heterocycles. The van der Waals surface area contributed by atoms with E-state index >= 15 is 0 Å². The van der Waals surface area contributed by atoms with E-state index in [-0.39, 0.29) is 28.9 Å². The number of hydrogen-bond acceptors (Lipinski definition) is 7. The molecule has 2 aromatic heterocycles. The second kappa shape index (κ2) is 7.14. The number of nitrogens with zero attached hydrogens (tertiary/aromatic N) is 5. The van der Waals surface area contributed by atoms with Crippen molar-refractivity contribution in [3.8, 4) is 6.01 Å². The van der Waals surface area contributed by atoms with Crippen LogP contribution in [0, 0.1) is 5.82 Å². The van der Waals surface area contributed by atoms with Crippen LogP contribution >= 0.6 is 11.6 Å². The van der Waals surface area contributed by atoms with Gasteiger partial charge in [0.05, 0.1) is 25.9 Å². The molecule has 4 fully saturated rings. The topological polar surface area (TPSA) is 63.6 Å². The molecule has 4 aliphatic heterocycles. The number of ether oxygens (including phenoxy) is 2. The molecule has 6 rings (SSSR count). The van der Waals surface area contributed by atoms with Crippen LogP contribution in [0.2, 0.25) is 5.15 Å². The highest BCUT2D eigenvalue weighted by atomic mass is 35.5. The Hall–Kier alpha value is -1.77. The van der Waals surface area contributed by atoms with Gasteiger partial charge in [-0.15, -0.1) is 0 Å². The second-order valence-electron chi connectivity index (χ2n) is 8.75. The molecule has 0 radical (unpaired) electrons. The van der Waals surface area contributed by atoms with Crippen molar-refractivity contribution in [3.05, 3.63) is 17.2 Å². The number of aromatic nitrogens is 3. The van der Waals surface area contributed by atoms with Gasteiger partial charge in [-0.25, -0.2) is 9.37 Å². The Kier molecular flexibility index (Phi) is 4.01. The van der Waals surface area contributed by atoms with Crippen LogP contribution in [-0.2, 0) is 4.74 Å². The second-order valence-corrected chi connectivity index (χ2v) is 9.11. The van der Waals surface area contributed by atoms with Crippen molar-refractivity contribution in [1.29, 1.82) is 0 Å². The Morgan fingerprint density at radius 3 is 2.70 bits per heavy atom. The summed E-state index contributed by atoms with van der Waals surface area (Å²) in [5, 5.41) is 0.150. The maximum atomic E-state index is 15.0. The van der Waals surface area contributed by atoms with E-state index in [1.165, 1.54) is 6.20 Å². The molecule has 2 unspecified atom stereocenters. The number of rotatable bonds is 4.